The molecule has 1 saturated heterocycles. The van der Waals surface area contributed by atoms with Gasteiger partial charge >= 0.3 is 0 Å². The third-order valence-corrected chi connectivity index (χ3v) is 5.43. The van der Waals surface area contributed by atoms with Crippen molar-refractivity contribution in [3.63, 3.8) is 0 Å². The maximum absolute atomic E-state index is 13.9. The fraction of sp³-hybridized carbons (Fsp3) is 0.353. The zero-order valence-electron chi connectivity index (χ0n) is 13.8. The van der Waals surface area contributed by atoms with Gasteiger partial charge in [-0.25, -0.2) is 9.37 Å². The lowest BCUT2D eigenvalue weighted by Gasteiger charge is -2.32. The number of fused-ring (bicyclic) bond motifs is 1. The normalized spacial score (nSPS) is 17.8. The summed E-state index contributed by atoms with van der Waals surface area (Å²) in [6.45, 7) is 1.54. The monoisotopic (exact) mass is 359 g/mol. The van der Waals surface area contributed by atoms with Crippen LogP contribution in [-0.2, 0) is 7.05 Å². The summed E-state index contributed by atoms with van der Waals surface area (Å²) < 4.78 is 16.3. The van der Waals surface area contributed by atoms with Crippen molar-refractivity contribution >= 4 is 32.6 Å². The molecule has 4 rings (SSSR count). The highest BCUT2D eigenvalue weighted by Gasteiger charge is 2.24. The molecule has 1 amide bonds. The van der Waals surface area contributed by atoms with E-state index in [0.717, 1.165) is 29.2 Å². The van der Waals surface area contributed by atoms with Gasteiger partial charge in [0.25, 0.3) is 5.91 Å². The second kappa shape index (κ2) is 6.44. The number of rotatable bonds is 3. The van der Waals surface area contributed by atoms with Gasteiger partial charge < -0.3 is 10.2 Å². The lowest BCUT2D eigenvalue weighted by Crippen LogP contribution is -2.47. The molecule has 0 aliphatic carbocycles. The fourth-order valence-corrected chi connectivity index (χ4v) is 4.13. The first-order valence-electron chi connectivity index (χ1n) is 8.19. The van der Waals surface area contributed by atoms with Crippen molar-refractivity contribution in [2.75, 3.05) is 18.0 Å². The van der Waals surface area contributed by atoms with Gasteiger partial charge in [-0.2, -0.15) is 5.10 Å². The van der Waals surface area contributed by atoms with Crippen molar-refractivity contribution in [2.45, 2.75) is 18.9 Å². The molecule has 1 aromatic carbocycles. The van der Waals surface area contributed by atoms with E-state index < -0.39 is 0 Å². The first-order chi connectivity index (χ1) is 12.1. The Hall–Kier alpha value is -2.48. The van der Waals surface area contributed by atoms with E-state index in [9.17, 15) is 9.18 Å². The number of nitrogens with one attached hydrogen (secondary N) is 1. The molecule has 0 saturated carbocycles. The summed E-state index contributed by atoms with van der Waals surface area (Å²) in [6, 6.07) is 5.05. The van der Waals surface area contributed by atoms with Gasteiger partial charge in [-0.05, 0) is 25.0 Å². The summed E-state index contributed by atoms with van der Waals surface area (Å²) in [6.07, 6.45) is 5.14. The van der Waals surface area contributed by atoms with Gasteiger partial charge in [0.15, 0.2) is 5.13 Å². The van der Waals surface area contributed by atoms with E-state index in [1.54, 1.807) is 30.2 Å². The lowest BCUT2D eigenvalue weighted by molar-refractivity contribution is 0.0933. The Bertz CT molecular complexity index is 921. The predicted octanol–water partition coefficient (Wildman–Crippen LogP) is 2.57. The van der Waals surface area contributed by atoms with Crippen LogP contribution in [0.5, 0.6) is 0 Å². The summed E-state index contributed by atoms with van der Waals surface area (Å²) in [7, 11) is 1.78. The second-order valence-corrected chi connectivity index (χ2v) is 7.25. The molecular formula is C17H18FN5OS. The number of anilines is 1. The van der Waals surface area contributed by atoms with E-state index in [4.69, 9.17) is 0 Å². The van der Waals surface area contributed by atoms with Gasteiger partial charge in [0.2, 0.25) is 0 Å². The van der Waals surface area contributed by atoms with Crippen molar-refractivity contribution in [1.29, 1.82) is 0 Å². The number of hydrogen-bond donors (Lipinski definition) is 1. The highest BCUT2D eigenvalue weighted by atomic mass is 32.1. The fourth-order valence-electron chi connectivity index (χ4n) is 3.11. The molecular weight excluding hydrogens is 341 g/mol. The van der Waals surface area contributed by atoms with Gasteiger partial charge in [0, 0.05) is 32.4 Å². The molecule has 130 valence electrons. The zero-order valence-corrected chi connectivity index (χ0v) is 14.6. The molecule has 1 N–H and O–H groups in total. The number of piperidine rings is 1. The summed E-state index contributed by atoms with van der Waals surface area (Å²) in [5.41, 5.74) is 0.978. The van der Waals surface area contributed by atoms with Crippen molar-refractivity contribution < 1.29 is 9.18 Å². The molecule has 6 nitrogen and oxygen atoms in total. The average molecular weight is 359 g/mol. The molecule has 3 heterocycles. The average Bonchev–Trinajstić information content (AvgIpc) is 3.22. The minimum Gasteiger partial charge on any atom is -0.347 e. The van der Waals surface area contributed by atoms with Gasteiger partial charge in [0.1, 0.15) is 11.3 Å². The van der Waals surface area contributed by atoms with Gasteiger partial charge in [-0.1, -0.05) is 17.4 Å². The molecule has 8 heteroatoms. The molecule has 1 unspecified atom stereocenters. The summed E-state index contributed by atoms with van der Waals surface area (Å²) in [5.74, 6) is -0.409. The summed E-state index contributed by atoms with van der Waals surface area (Å²) >= 11 is 1.49. The van der Waals surface area contributed by atoms with Crippen LogP contribution in [0.15, 0.2) is 30.6 Å². The predicted molar refractivity (Wildman–Crippen MR) is 95.5 cm³/mol. The van der Waals surface area contributed by atoms with Crippen LogP contribution in [0.2, 0.25) is 0 Å². The first kappa shape index (κ1) is 16.0. The number of amides is 1. The molecule has 0 bridgehead atoms. The van der Waals surface area contributed by atoms with Crippen molar-refractivity contribution in [3.05, 3.63) is 42.0 Å². The molecule has 1 aliphatic heterocycles. The number of carbonyl (C=O) groups is 1. The van der Waals surface area contributed by atoms with E-state index in [0.29, 0.717) is 17.6 Å². The summed E-state index contributed by atoms with van der Waals surface area (Å²) in [5, 5.41) is 7.90. The maximum atomic E-state index is 13.9. The van der Waals surface area contributed by atoms with E-state index in [1.165, 1.54) is 17.4 Å². The zero-order chi connectivity index (χ0) is 17.4. The summed E-state index contributed by atoms with van der Waals surface area (Å²) in [4.78, 5) is 18.9. The minimum absolute atomic E-state index is 0.0401. The largest absolute Gasteiger partial charge is 0.347 e. The van der Waals surface area contributed by atoms with Gasteiger partial charge in [-0.3, -0.25) is 9.48 Å². The van der Waals surface area contributed by atoms with Crippen LogP contribution >= 0.6 is 11.3 Å². The van der Waals surface area contributed by atoms with Crippen molar-refractivity contribution in [1.82, 2.24) is 20.1 Å². The number of aryl methyl sites for hydroxylation is 1. The quantitative estimate of drug-likeness (QED) is 0.781. The van der Waals surface area contributed by atoms with Crippen LogP contribution in [-0.4, -0.2) is 39.8 Å². The van der Waals surface area contributed by atoms with E-state index >= 15 is 0 Å². The maximum Gasteiger partial charge on any atom is 0.254 e. The molecule has 2 aromatic heterocycles. The number of halogens is 1. The molecule has 1 aliphatic rings. The van der Waals surface area contributed by atoms with Crippen molar-refractivity contribution in [3.8, 4) is 0 Å². The number of benzene rings is 1. The van der Waals surface area contributed by atoms with Crippen LogP contribution in [0.1, 0.15) is 23.2 Å². The molecule has 1 atom stereocenters. The molecule has 25 heavy (non-hydrogen) atoms. The Morgan fingerprint density at radius 1 is 1.44 bits per heavy atom. The lowest BCUT2D eigenvalue weighted by atomic mass is 10.1. The highest BCUT2D eigenvalue weighted by molar-refractivity contribution is 7.22. The van der Waals surface area contributed by atoms with E-state index in [-0.39, 0.29) is 17.8 Å². The van der Waals surface area contributed by atoms with Crippen molar-refractivity contribution in [2.24, 2.45) is 7.05 Å². The number of para-hydroxylation sites is 1. The van der Waals surface area contributed by atoms with Crippen LogP contribution in [0.4, 0.5) is 9.52 Å². The number of nitrogens with zero attached hydrogens (tertiary/aromatic N) is 4. The molecule has 0 radical (unpaired) electrons. The SMILES string of the molecule is Cn1cc(C(=O)NC2CCCN(c3nc4c(F)cccc4s3)C2)cn1. The Morgan fingerprint density at radius 3 is 3.08 bits per heavy atom. The Labute approximate surface area is 148 Å². The Balaban J connectivity index is 1.48. The third kappa shape index (κ3) is 3.21. The Kier molecular flexibility index (Phi) is 4.12. The number of carbonyl (C=O) groups excluding carboxylic acids is 1. The van der Waals surface area contributed by atoms with E-state index in [2.05, 4.69) is 20.3 Å². The first-order valence-corrected chi connectivity index (χ1v) is 9.01. The van der Waals surface area contributed by atoms with Crippen LogP contribution in [0.25, 0.3) is 10.2 Å². The van der Waals surface area contributed by atoms with Gasteiger partial charge in [-0.15, -0.1) is 0 Å². The van der Waals surface area contributed by atoms with E-state index in [1.807, 2.05) is 6.07 Å². The Morgan fingerprint density at radius 2 is 2.32 bits per heavy atom. The van der Waals surface area contributed by atoms with Crippen LogP contribution in [0, 0.1) is 5.82 Å². The molecule has 0 spiro atoms. The standard InChI is InChI=1S/C17H18FN5OS/c1-22-9-11(8-19-22)16(24)20-12-4-3-7-23(10-12)17-21-15-13(18)5-2-6-14(15)25-17/h2,5-6,8-9,12H,3-4,7,10H2,1H3,(H,20,24). The third-order valence-electron chi connectivity index (χ3n) is 4.35. The highest BCUT2D eigenvalue weighted by Crippen LogP contribution is 2.31. The second-order valence-electron chi connectivity index (χ2n) is 6.24. The van der Waals surface area contributed by atoms with Crippen LogP contribution < -0.4 is 10.2 Å². The number of thiazole rings is 1. The minimum atomic E-state index is -0.293. The van der Waals surface area contributed by atoms with Crippen LogP contribution in [0.3, 0.4) is 0 Å². The smallest absolute Gasteiger partial charge is 0.254 e. The topological polar surface area (TPSA) is 63.1 Å². The molecule has 1 fully saturated rings. The number of aromatic nitrogens is 3. The molecule has 3 aromatic rings. The van der Waals surface area contributed by atoms with Gasteiger partial charge in [0.05, 0.1) is 16.5 Å². The number of hydrogen-bond acceptors (Lipinski definition) is 5.